The molecule has 2 aliphatic rings. The third kappa shape index (κ3) is 4.28. The van der Waals surface area contributed by atoms with Crippen LogP contribution in [0.25, 0.3) is 0 Å². The highest BCUT2D eigenvalue weighted by atomic mass is 32.2. The molecule has 0 aromatic carbocycles. The molecular weight excluding hydrogens is 260 g/mol. The highest BCUT2D eigenvalue weighted by molar-refractivity contribution is 8.00. The number of urea groups is 1. The van der Waals surface area contributed by atoms with Crippen molar-refractivity contribution in [3.05, 3.63) is 0 Å². The summed E-state index contributed by atoms with van der Waals surface area (Å²) in [5.41, 5.74) is 0. The summed E-state index contributed by atoms with van der Waals surface area (Å²) < 4.78 is 0. The summed E-state index contributed by atoms with van der Waals surface area (Å²) in [6.45, 7) is 6.17. The summed E-state index contributed by atoms with van der Waals surface area (Å²) in [6.07, 6.45) is 3.28. The van der Waals surface area contributed by atoms with Crippen LogP contribution < -0.4 is 5.32 Å². The van der Waals surface area contributed by atoms with E-state index in [2.05, 4.69) is 19.2 Å². The van der Waals surface area contributed by atoms with Crippen LogP contribution in [0.2, 0.25) is 0 Å². The minimum absolute atomic E-state index is 0.0901. The van der Waals surface area contributed by atoms with Gasteiger partial charge < -0.3 is 15.3 Å². The first-order valence-corrected chi connectivity index (χ1v) is 8.46. The van der Waals surface area contributed by atoms with Crippen molar-refractivity contribution in [2.45, 2.75) is 56.9 Å². The van der Waals surface area contributed by atoms with Crippen molar-refractivity contribution in [1.82, 2.24) is 10.2 Å². The molecule has 2 fully saturated rings. The van der Waals surface area contributed by atoms with Crippen molar-refractivity contribution >= 4 is 17.8 Å². The van der Waals surface area contributed by atoms with Crippen molar-refractivity contribution in [3.8, 4) is 0 Å². The molecule has 2 rings (SSSR count). The highest BCUT2D eigenvalue weighted by Gasteiger charge is 2.28. The molecule has 19 heavy (non-hydrogen) atoms. The molecule has 0 aromatic heterocycles. The fourth-order valence-electron chi connectivity index (χ4n) is 2.75. The van der Waals surface area contributed by atoms with E-state index < -0.39 is 0 Å². The van der Waals surface area contributed by atoms with Gasteiger partial charge in [-0.25, -0.2) is 4.79 Å². The first kappa shape index (κ1) is 15.0. The highest BCUT2D eigenvalue weighted by Crippen LogP contribution is 2.25. The van der Waals surface area contributed by atoms with Crippen LogP contribution in [0.1, 0.15) is 39.5 Å². The molecule has 110 valence electrons. The molecule has 0 aromatic rings. The van der Waals surface area contributed by atoms with E-state index in [4.69, 9.17) is 0 Å². The number of aliphatic hydroxyl groups excluding tert-OH is 1. The van der Waals surface area contributed by atoms with Crippen molar-refractivity contribution in [3.63, 3.8) is 0 Å². The monoisotopic (exact) mass is 286 g/mol. The van der Waals surface area contributed by atoms with E-state index in [0.29, 0.717) is 11.2 Å². The molecule has 1 aliphatic heterocycles. The average molecular weight is 286 g/mol. The zero-order chi connectivity index (χ0) is 13.8. The topological polar surface area (TPSA) is 52.6 Å². The smallest absolute Gasteiger partial charge is 0.317 e. The fraction of sp³-hybridized carbons (Fsp3) is 0.929. The third-order valence-corrected chi connectivity index (χ3v) is 5.69. The quantitative estimate of drug-likeness (QED) is 0.817. The van der Waals surface area contributed by atoms with Crippen molar-refractivity contribution in [1.29, 1.82) is 0 Å². The molecule has 2 amide bonds. The van der Waals surface area contributed by atoms with Crippen LogP contribution in [0.4, 0.5) is 4.79 Å². The Hall–Kier alpha value is -0.420. The number of nitrogens with one attached hydrogen (secondary N) is 1. The van der Waals surface area contributed by atoms with E-state index >= 15 is 0 Å². The molecule has 1 unspecified atom stereocenters. The van der Waals surface area contributed by atoms with Crippen molar-refractivity contribution in [2.75, 3.05) is 18.8 Å². The van der Waals surface area contributed by atoms with Gasteiger partial charge in [-0.15, -0.1) is 0 Å². The molecule has 1 saturated carbocycles. The van der Waals surface area contributed by atoms with Crippen LogP contribution in [0.15, 0.2) is 0 Å². The van der Waals surface area contributed by atoms with E-state index in [1.54, 1.807) is 0 Å². The van der Waals surface area contributed by atoms with Crippen molar-refractivity contribution < 1.29 is 9.90 Å². The normalized spacial score (nSPS) is 32.4. The maximum absolute atomic E-state index is 12.3. The lowest BCUT2D eigenvalue weighted by molar-refractivity contribution is 0.115. The second-order valence-electron chi connectivity index (χ2n) is 6.05. The summed E-state index contributed by atoms with van der Waals surface area (Å²) in [7, 11) is 0. The SMILES string of the molecule is CC(C)C1CN(C(=O)NC2CCC(O)CC2)CCS1. The molecule has 0 bridgehead atoms. The predicted molar refractivity (Wildman–Crippen MR) is 79.5 cm³/mol. The van der Waals surface area contributed by atoms with Gasteiger partial charge in [-0.05, 0) is 31.6 Å². The number of rotatable bonds is 2. The Morgan fingerprint density at radius 1 is 1.32 bits per heavy atom. The molecular formula is C14H26N2O2S. The number of amides is 2. The van der Waals surface area contributed by atoms with E-state index in [1.165, 1.54) is 0 Å². The molecule has 2 N–H and O–H groups in total. The van der Waals surface area contributed by atoms with Crippen LogP contribution in [0.3, 0.4) is 0 Å². The Morgan fingerprint density at radius 3 is 2.63 bits per heavy atom. The fourth-order valence-corrected chi connectivity index (χ4v) is 4.05. The van der Waals surface area contributed by atoms with Crippen LogP contribution in [-0.2, 0) is 0 Å². The lowest BCUT2D eigenvalue weighted by Gasteiger charge is -2.36. The number of carbonyl (C=O) groups is 1. The van der Waals surface area contributed by atoms with Crippen LogP contribution in [0, 0.1) is 5.92 Å². The van der Waals surface area contributed by atoms with E-state index in [1.807, 2.05) is 16.7 Å². The summed E-state index contributed by atoms with van der Waals surface area (Å²) in [5.74, 6) is 1.66. The molecule has 1 atom stereocenters. The van der Waals surface area contributed by atoms with Gasteiger partial charge in [-0.3, -0.25) is 0 Å². The van der Waals surface area contributed by atoms with Crippen molar-refractivity contribution in [2.24, 2.45) is 5.92 Å². The Balaban J connectivity index is 1.79. The van der Waals surface area contributed by atoms with E-state index in [0.717, 1.165) is 44.5 Å². The molecule has 0 radical (unpaired) electrons. The van der Waals surface area contributed by atoms with E-state index in [-0.39, 0.29) is 18.2 Å². The van der Waals surface area contributed by atoms with Gasteiger partial charge in [0.1, 0.15) is 0 Å². The van der Waals surface area contributed by atoms with Gasteiger partial charge in [0.25, 0.3) is 0 Å². The maximum atomic E-state index is 12.3. The molecule has 0 spiro atoms. The third-order valence-electron chi connectivity index (χ3n) is 4.15. The summed E-state index contributed by atoms with van der Waals surface area (Å²) in [5, 5.41) is 13.2. The lowest BCUT2D eigenvalue weighted by atomic mass is 9.93. The van der Waals surface area contributed by atoms with Crippen LogP contribution >= 0.6 is 11.8 Å². The molecule has 4 nitrogen and oxygen atoms in total. The maximum Gasteiger partial charge on any atom is 0.317 e. The van der Waals surface area contributed by atoms with Gasteiger partial charge in [0.05, 0.1) is 6.10 Å². The number of carbonyl (C=O) groups excluding carboxylic acids is 1. The Bertz CT molecular complexity index is 304. The molecule has 1 heterocycles. The molecule has 1 saturated heterocycles. The van der Waals surface area contributed by atoms with Crippen LogP contribution in [-0.4, -0.2) is 52.3 Å². The zero-order valence-corrected chi connectivity index (χ0v) is 12.8. The first-order chi connectivity index (χ1) is 9.06. The number of hydrogen-bond donors (Lipinski definition) is 2. The van der Waals surface area contributed by atoms with Gasteiger partial charge in [0.2, 0.25) is 0 Å². The van der Waals surface area contributed by atoms with Gasteiger partial charge >= 0.3 is 6.03 Å². The van der Waals surface area contributed by atoms with Gasteiger partial charge in [-0.1, -0.05) is 13.8 Å². The second-order valence-corrected chi connectivity index (χ2v) is 7.40. The predicted octanol–water partition coefficient (Wildman–Crippen LogP) is 2.07. The number of thioether (sulfide) groups is 1. The summed E-state index contributed by atoms with van der Waals surface area (Å²) in [6, 6.07) is 0.343. The average Bonchev–Trinajstić information content (AvgIpc) is 2.41. The van der Waals surface area contributed by atoms with Gasteiger partial charge in [-0.2, -0.15) is 11.8 Å². The standard InChI is InChI=1S/C14H26N2O2S/c1-10(2)13-9-16(7-8-19-13)14(18)15-11-3-5-12(17)6-4-11/h10-13,17H,3-9H2,1-2H3,(H,15,18). The van der Waals surface area contributed by atoms with Gasteiger partial charge in [0.15, 0.2) is 0 Å². The zero-order valence-electron chi connectivity index (χ0n) is 12.0. The second kappa shape index (κ2) is 6.84. The summed E-state index contributed by atoms with van der Waals surface area (Å²) in [4.78, 5) is 14.2. The first-order valence-electron chi connectivity index (χ1n) is 7.41. The Morgan fingerprint density at radius 2 is 2.00 bits per heavy atom. The lowest BCUT2D eigenvalue weighted by Crippen LogP contribution is -2.51. The molecule has 1 aliphatic carbocycles. The Kier molecular flexibility index (Phi) is 5.39. The summed E-state index contributed by atoms with van der Waals surface area (Å²) >= 11 is 1.98. The van der Waals surface area contributed by atoms with E-state index in [9.17, 15) is 9.90 Å². The Labute approximate surface area is 120 Å². The largest absolute Gasteiger partial charge is 0.393 e. The number of hydrogen-bond acceptors (Lipinski definition) is 3. The van der Waals surface area contributed by atoms with Crippen LogP contribution in [0.5, 0.6) is 0 Å². The minimum atomic E-state index is -0.162. The van der Waals surface area contributed by atoms with Gasteiger partial charge in [0, 0.05) is 30.1 Å². The molecule has 5 heteroatoms. The number of nitrogens with zero attached hydrogens (tertiary/aromatic N) is 1. The number of aliphatic hydroxyl groups is 1. The minimum Gasteiger partial charge on any atom is -0.393 e.